The van der Waals surface area contributed by atoms with E-state index >= 15 is 0 Å². The van der Waals surface area contributed by atoms with E-state index in [1.807, 2.05) is 0 Å². The first-order valence-corrected chi connectivity index (χ1v) is 10.0. The molecule has 0 N–H and O–H groups in total. The molecule has 4 nitrogen and oxygen atoms in total. The fourth-order valence-electron chi connectivity index (χ4n) is 4.77. The Bertz CT molecular complexity index is 354. The Morgan fingerprint density at radius 1 is 0.565 bits per heavy atom. The molecule has 0 aromatic carbocycles. The third kappa shape index (κ3) is 4.28. The van der Waals surface area contributed by atoms with Gasteiger partial charge in [0, 0.05) is 63.4 Å². The number of rotatable bonds is 4. The van der Waals surface area contributed by atoms with Gasteiger partial charge in [0.25, 0.3) is 0 Å². The van der Waals surface area contributed by atoms with Gasteiger partial charge in [0.15, 0.2) is 0 Å². The normalized spacial score (nSPS) is 30.8. The highest BCUT2D eigenvalue weighted by Gasteiger charge is 2.33. The van der Waals surface area contributed by atoms with Crippen molar-refractivity contribution in [1.29, 1.82) is 0 Å². The van der Waals surface area contributed by atoms with Crippen LogP contribution in [0.2, 0.25) is 0 Å². The van der Waals surface area contributed by atoms with E-state index < -0.39 is 0 Å². The average Bonchev–Trinajstić information content (AvgIpc) is 3.05. The zero-order chi connectivity index (χ0) is 16.4. The summed E-state index contributed by atoms with van der Waals surface area (Å²) in [5, 5.41) is 0. The minimum Gasteiger partial charge on any atom is -0.301 e. The molecule has 0 aromatic heterocycles. The van der Waals surface area contributed by atoms with E-state index in [2.05, 4.69) is 47.3 Å². The van der Waals surface area contributed by atoms with Crippen LogP contribution in [0.5, 0.6) is 0 Å². The Morgan fingerprint density at radius 3 is 1.48 bits per heavy atom. The summed E-state index contributed by atoms with van der Waals surface area (Å²) in [6, 6.07) is 3.11. The van der Waals surface area contributed by atoms with Crippen LogP contribution in [0, 0.1) is 0 Å². The smallest absolute Gasteiger partial charge is 0.0236 e. The average molecular weight is 323 g/mol. The zero-order valence-electron chi connectivity index (χ0n) is 15.9. The van der Waals surface area contributed by atoms with E-state index in [-0.39, 0.29) is 0 Å². The first kappa shape index (κ1) is 17.7. The first-order valence-electron chi connectivity index (χ1n) is 10.0. The van der Waals surface area contributed by atoms with Crippen molar-refractivity contribution in [2.24, 2.45) is 0 Å². The van der Waals surface area contributed by atoms with E-state index in [1.165, 1.54) is 71.6 Å². The maximum absolute atomic E-state index is 2.79. The SMILES string of the molecule is CC(C)N1CCC(N2CCN([C@H]3CCN(C(C)C)C3)CC2)CC1. The van der Waals surface area contributed by atoms with Crippen molar-refractivity contribution in [2.45, 2.75) is 71.1 Å². The molecule has 0 amide bonds. The van der Waals surface area contributed by atoms with Crippen LogP contribution in [0.4, 0.5) is 0 Å². The topological polar surface area (TPSA) is 13.0 Å². The monoisotopic (exact) mass is 322 g/mol. The van der Waals surface area contributed by atoms with Gasteiger partial charge < -0.3 is 4.90 Å². The predicted octanol–water partition coefficient (Wildman–Crippen LogP) is 1.96. The third-order valence-electron chi connectivity index (χ3n) is 6.54. The molecule has 0 unspecified atom stereocenters. The Morgan fingerprint density at radius 2 is 1.00 bits per heavy atom. The number of nitrogens with zero attached hydrogens (tertiary/aromatic N) is 4. The molecule has 3 rings (SSSR count). The van der Waals surface area contributed by atoms with E-state index in [0.717, 1.165) is 18.1 Å². The molecule has 3 saturated heterocycles. The van der Waals surface area contributed by atoms with Gasteiger partial charge in [-0.1, -0.05) is 0 Å². The lowest BCUT2D eigenvalue weighted by molar-refractivity contribution is 0.0380. The molecule has 3 aliphatic rings. The standard InChI is InChI=1S/C19H38N4/c1-16(2)20-8-5-18(6-9-20)21-11-13-22(14-12-21)19-7-10-23(15-19)17(3)4/h16-19H,5-15H2,1-4H3/t19-/m0/s1. The zero-order valence-corrected chi connectivity index (χ0v) is 15.9. The summed E-state index contributed by atoms with van der Waals surface area (Å²) >= 11 is 0. The summed E-state index contributed by atoms with van der Waals surface area (Å²) in [4.78, 5) is 10.9. The second kappa shape index (κ2) is 7.81. The van der Waals surface area contributed by atoms with Crippen molar-refractivity contribution < 1.29 is 0 Å². The third-order valence-corrected chi connectivity index (χ3v) is 6.54. The van der Waals surface area contributed by atoms with E-state index in [4.69, 9.17) is 0 Å². The molecule has 0 radical (unpaired) electrons. The predicted molar refractivity (Wildman–Crippen MR) is 98.0 cm³/mol. The summed E-state index contributed by atoms with van der Waals surface area (Å²) in [5.41, 5.74) is 0. The minimum atomic E-state index is 0.715. The van der Waals surface area contributed by atoms with Crippen LogP contribution in [0.3, 0.4) is 0 Å². The summed E-state index contributed by atoms with van der Waals surface area (Å²) < 4.78 is 0. The van der Waals surface area contributed by atoms with Crippen LogP contribution in [-0.4, -0.2) is 96.1 Å². The summed E-state index contributed by atoms with van der Waals surface area (Å²) in [5.74, 6) is 0. The largest absolute Gasteiger partial charge is 0.301 e. The van der Waals surface area contributed by atoms with E-state index in [1.54, 1.807) is 0 Å². The van der Waals surface area contributed by atoms with Crippen LogP contribution in [0.15, 0.2) is 0 Å². The lowest BCUT2D eigenvalue weighted by atomic mass is 10.0. The molecular formula is C19H38N4. The minimum absolute atomic E-state index is 0.715. The molecule has 3 heterocycles. The molecule has 3 fully saturated rings. The second-order valence-corrected chi connectivity index (χ2v) is 8.46. The van der Waals surface area contributed by atoms with Crippen LogP contribution >= 0.6 is 0 Å². The number of hydrogen-bond acceptors (Lipinski definition) is 4. The maximum atomic E-state index is 2.79. The molecule has 0 spiro atoms. The molecule has 0 aromatic rings. The Labute approximate surface area is 143 Å². The van der Waals surface area contributed by atoms with E-state index in [0.29, 0.717) is 6.04 Å². The molecule has 0 saturated carbocycles. The van der Waals surface area contributed by atoms with Crippen molar-refractivity contribution in [3.8, 4) is 0 Å². The van der Waals surface area contributed by atoms with Gasteiger partial charge in [-0.3, -0.25) is 14.7 Å². The number of piperazine rings is 1. The van der Waals surface area contributed by atoms with Crippen molar-refractivity contribution in [3.63, 3.8) is 0 Å². The molecule has 3 aliphatic heterocycles. The molecule has 134 valence electrons. The molecule has 4 heteroatoms. The highest BCUT2D eigenvalue weighted by Crippen LogP contribution is 2.23. The van der Waals surface area contributed by atoms with Gasteiger partial charge >= 0.3 is 0 Å². The summed E-state index contributed by atoms with van der Waals surface area (Å²) in [6.07, 6.45) is 4.14. The fourth-order valence-corrected chi connectivity index (χ4v) is 4.77. The molecule has 1 atom stereocenters. The van der Waals surface area contributed by atoms with Gasteiger partial charge in [0.1, 0.15) is 0 Å². The quantitative estimate of drug-likeness (QED) is 0.784. The lowest BCUT2D eigenvalue weighted by Gasteiger charge is -2.44. The first-order chi connectivity index (χ1) is 11.0. The van der Waals surface area contributed by atoms with Gasteiger partial charge in [-0.15, -0.1) is 0 Å². The number of piperidine rings is 1. The van der Waals surface area contributed by atoms with Gasteiger partial charge in [-0.25, -0.2) is 0 Å². The van der Waals surface area contributed by atoms with Crippen LogP contribution in [0.25, 0.3) is 0 Å². The fraction of sp³-hybridized carbons (Fsp3) is 1.00. The summed E-state index contributed by atoms with van der Waals surface area (Å²) in [7, 11) is 0. The van der Waals surface area contributed by atoms with Crippen LogP contribution < -0.4 is 0 Å². The Kier molecular flexibility index (Phi) is 6.00. The van der Waals surface area contributed by atoms with Crippen LogP contribution in [0.1, 0.15) is 47.0 Å². The van der Waals surface area contributed by atoms with Gasteiger partial charge in [0.05, 0.1) is 0 Å². The van der Waals surface area contributed by atoms with Crippen molar-refractivity contribution in [3.05, 3.63) is 0 Å². The van der Waals surface area contributed by atoms with Crippen molar-refractivity contribution in [2.75, 3.05) is 52.4 Å². The highest BCUT2D eigenvalue weighted by molar-refractivity contribution is 4.90. The molecule has 0 bridgehead atoms. The van der Waals surface area contributed by atoms with Crippen molar-refractivity contribution in [1.82, 2.24) is 19.6 Å². The number of hydrogen-bond donors (Lipinski definition) is 0. The Balaban J connectivity index is 1.41. The maximum Gasteiger partial charge on any atom is 0.0236 e. The van der Waals surface area contributed by atoms with Gasteiger partial charge in [-0.05, 0) is 60.0 Å². The van der Waals surface area contributed by atoms with Crippen molar-refractivity contribution >= 4 is 0 Å². The van der Waals surface area contributed by atoms with Crippen LogP contribution in [-0.2, 0) is 0 Å². The molecular weight excluding hydrogens is 284 g/mol. The summed E-state index contributed by atoms with van der Waals surface area (Å²) in [6.45, 7) is 19.7. The molecule has 0 aliphatic carbocycles. The lowest BCUT2D eigenvalue weighted by Crippen LogP contribution is -2.56. The Hall–Kier alpha value is -0.160. The highest BCUT2D eigenvalue weighted by atomic mass is 15.3. The van der Waals surface area contributed by atoms with Gasteiger partial charge in [-0.2, -0.15) is 0 Å². The number of likely N-dealkylation sites (tertiary alicyclic amines) is 2. The molecule has 23 heavy (non-hydrogen) atoms. The van der Waals surface area contributed by atoms with Gasteiger partial charge in [0.2, 0.25) is 0 Å². The second-order valence-electron chi connectivity index (χ2n) is 8.46. The van der Waals surface area contributed by atoms with E-state index in [9.17, 15) is 0 Å².